The van der Waals surface area contributed by atoms with Crippen LogP contribution < -0.4 is 9.47 Å². The van der Waals surface area contributed by atoms with Gasteiger partial charge in [0.1, 0.15) is 16.0 Å². The predicted octanol–water partition coefficient (Wildman–Crippen LogP) is 4.18. The van der Waals surface area contributed by atoms with Crippen LogP contribution in [0, 0.1) is 13.8 Å². The first-order valence-corrected chi connectivity index (χ1v) is 8.67. The summed E-state index contributed by atoms with van der Waals surface area (Å²) in [5, 5.41) is 0. The van der Waals surface area contributed by atoms with E-state index in [9.17, 15) is 9.59 Å². The van der Waals surface area contributed by atoms with Crippen LogP contribution in [0.15, 0.2) is 22.7 Å². The molecule has 2 aromatic rings. The molecule has 128 valence electrons. The second-order valence-electron chi connectivity index (χ2n) is 5.02. The molecule has 0 fully saturated rings. The average Bonchev–Trinajstić information content (AvgIpc) is 2.91. The Morgan fingerprint density at radius 3 is 2.12 bits per heavy atom. The van der Waals surface area contributed by atoms with Gasteiger partial charge in [-0.25, -0.2) is 4.79 Å². The number of thiophene rings is 1. The number of esters is 1. The van der Waals surface area contributed by atoms with E-state index in [0.29, 0.717) is 21.5 Å². The Morgan fingerprint density at radius 2 is 1.67 bits per heavy atom. The van der Waals surface area contributed by atoms with Gasteiger partial charge in [0.05, 0.1) is 19.8 Å². The average molecular weight is 413 g/mol. The number of methoxy groups -OCH3 is 2. The Kier molecular flexibility index (Phi) is 6.01. The van der Waals surface area contributed by atoms with Crippen molar-refractivity contribution in [1.29, 1.82) is 0 Å². The summed E-state index contributed by atoms with van der Waals surface area (Å²) in [6.45, 7) is 3.49. The van der Waals surface area contributed by atoms with Crippen molar-refractivity contribution in [3.05, 3.63) is 43.6 Å². The standard InChI is InChI=1S/C17H17BrO5S/c1-9-5-12(10(2)24-9)13(19)8-23-17(20)11-6-14(21-3)16(18)15(7-11)22-4/h5-7H,8H2,1-4H3. The lowest BCUT2D eigenvalue weighted by Gasteiger charge is -2.11. The molecule has 0 amide bonds. The maximum atomic E-state index is 12.2. The largest absolute Gasteiger partial charge is 0.495 e. The maximum absolute atomic E-state index is 12.2. The van der Waals surface area contributed by atoms with Crippen molar-refractivity contribution in [2.24, 2.45) is 0 Å². The highest BCUT2D eigenvalue weighted by molar-refractivity contribution is 9.10. The summed E-state index contributed by atoms with van der Waals surface area (Å²) >= 11 is 4.87. The Morgan fingerprint density at radius 1 is 1.08 bits per heavy atom. The fourth-order valence-corrected chi connectivity index (χ4v) is 3.68. The molecule has 0 aliphatic carbocycles. The van der Waals surface area contributed by atoms with E-state index < -0.39 is 5.97 Å². The van der Waals surface area contributed by atoms with E-state index in [0.717, 1.165) is 9.75 Å². The van der Waals surface area contributed by atoms with Crippen LogP contribution in [-0.4, -0.2) is 32.6 Å². The number of carbonyl (C=O) groups is 2. The van der Waals surface area contributed by atoms with Gasteiger partial charge < -0.3 is 14.2 Å². The molecule has 5 nitrogen and oxygen atoms in total. The zero-order chi connectivity index (χ0) is 17.9. The molecule has 24 heavy (non-hydrogen) atoms. The summed E-state index contributed by atoms with van der Waals surface area (Å²) in [5.74, 6) is 0.0483. The van der Waals surface area contributed by atoms with E-state index in [-0.39, 0.29) is 18.0 Å². The van der Waals surface area contributed by atoms with E-state index >= 15 is 0 Å². The van der Waals surface area contributed by atoms with Crippen molar-refractivity contribution in [2.75, 3.05) is 20.8 Å². The molecule has 1 aromatic carbocycles. The molecule has 2 rings (SSSR count). The minimum absolute atomic E-state index is 0.221. The van der Waals surface area contributed by atoms with Crippen LogP contribution in [0.5, 0.6) is 11.5 Å². The number of ketones is 1. The van der Waals surface area contributed by atoms with Crippen LogP contribution >= 0.6 is 27.3 Å². The van der Waals surface area contributed by atoms with Gasteiger partial charge in [-0.1, -0.05) is 0 Å². The molecule has 0 bridgehead atoms. The Labute approximate surface area is 152 Å². The molecule has 0 aliphatic rings. The minimum Gasteiger partial charge on any atom is -0.495 e. The fraction of sp³-hybridized carbons (Fsp3) is 0.294. The van der Waals surface area contributed by atoms with Crippen LogP contribution in [0.1, 0.15) is 30.5 Å². The lowest BCUT2D eigenvalue weighted by atomic mass is 10.1. The van der Waals surface area contributed by atoms with Crippen molar-refractivity contribution >= 4 is 39.0 Å². The number of carbonyl (C=O) groups excluding carboxylic acids is 2. The number of ether oxygens (including phenoxy) is 3. The zero-order valence-corrected chi connectivity index (χ0v) is 16.2. The first-order chi connectivity index (χ1) is 11.4. The molecule has 0 saturated heterocycles. The number of hydrogen-bond acceptors (Lipinski definition) is 6. The van der Waals surface area contributed by atoms with E-state index in [1.54, 1.807) is 11.3 Å². The Hall–Kier alpha value is -1.86. The SMILES string of the molecule is COc1cc(C(=O)OCC(=O)c2cc(C)sc2C)cc(OC)c1Br. The molecule has 1 aromatic heterocycles. The monoisotopic (exact) mass is 412 g/mol. The highest BCUT2D eigenvalue weighted by Gasteiger charge is 2.18. The molecule has 0 radical (unpaired) electrons. The van der Waals surface area contributed by atoms with Gasteiger partial charge in [-0.15, -0.1) is 11.3 Å². The van der Waals surface area contributed by atoms with Gasteiger partial charge in [0, 0.05) is 15.3 Å². The van der Waals surface area contributed by atoms with Gasteiger partial charge in [-0.2, -0.15) is 0 Å². The molecule has 0 N–H and O–H groups in total. The van der Waals surface area contributed by atoms with Gasteiger partial charge in [-0.05, 0) is 48.0 Å². The van der Waals surface area contributed by atoms with E-state index in [1.807, 2.05) is 19.9 Å². The highest BCUT2D eigenvalue weighted by atomic mass is 79.9. The Bertz CT molecular complexity index is 756. The quantitative estimate of drug-likeness (QED) is 0.525. The van der Waals surface area contributed by atoms with Gasteiger partial charge >= 0.3 is 5.97 Å². The third-order valence-corrected chi connectivity index (χ3v) is 5.10. The molecular formula is C17H17BrO5S. The lowest BCUT2D eigenvalue weighted by Crippen LogP contribution is -2.14. The van der Waals surface area contributed by atoms with Crippen molar-refractivity contribution in [3.8, 4) is 11.5 Å². The van der Waals surface area contributed by atoms with E-state index in [1.165, 1.54) is 26.4 Å². The summed E-state index contributed by atoms with van der Waals surface area (Å²) in [4.78, 5) is 26.4. The fourth-order valence-electron chi connectivity index (χ4n) is 2.19. The van der Waals surface area contributed by atoms with Crippen molar-refractivity contribution in [3.63, 3.8) is 0 Å². The summed E-state index contributed by atoms with van der Waals surface area (Å²) in [6.07, 6.45) is 0. The zero-order valence-electron chi connectivity index (χ0n) is 13.8. The number of rotatable bonds is 6. The number of Topliss-reactive ketones (excluding diaryl/α,β-unsaturated/α-hetero) is 1. The molecular weight excluding hydrogens is 396 g/mol. The summed E-state index contributed by atoms with van der Waals surface area (Å²) in [7, 11) is 2.97. The van der Waals surface area contributed by atoms with Gasteiger partial charge in [-0.3, -0.25) is 4.79 Å². The van der Waals surface area contributed by atoms with Crippen molar-refractivity contribution < 1.29 is 23.8 Å². The summed E-state index contributed by atoms with van der Waals surface area (Å²) in [5.41, 5.74) is 0.842. The molecule has 0 aliphatic heterocycles. The van der Waals surface area contributed by atoms with Crippen LogP contribution in [-0.2, 0) is 4.74 Å². The number of aryl methyl sites for hydroxylation is 2. The third kappa shape index (κ3) is 3.96. The summed E-state index contributed by atoms with van der Waals surface area (Å²) in [6, 6.07) is 4.86. The third-order valence-electron chi connectivity index (χ3n) is 3.36. The molecule has 1 heterocycles. The normalized spacial score (nSPS) is 10.4. The molecule has 7 heteroatoms. The maximum Gasteiger partial charge on any atom is 0.338 e. The highest BCUT2D eigenvalue weighted by Crippen LogP contribution is 2.35. The van der Waals surface area contributed by atoms with Crippen LogP contribution in [0.4, 0.5) is 0 Å². The second kappa shape index (κ2) is 7.81. The molecule has 0 spiro atoms. The van der Waals surface area contributed by atoms with E-state index in [2.05, 4.69) is 15.9 Å². The molecule has 0 unspecified atom stereocenters. The van der Waals surface area contributed by atoms with Crippen molar-refractivity contribution in [2.45, 2.75) is 13.8 Å². The van der Waals surface area contributed by atoms with Crippen LogP contribution in [0.2, 0.25) is 0 Å². The van der Waals surface area contributed by atoms with E-state index in [4.69, 9.17) is 14.2 Å². The number of benzene rings is 1. The minimum atomic E-state index is -0.614. The number of hydrogen-bond donors (Lipinski definition) is 0. The van der Waals surface area contributed by atoms with Gasteiger partial charge in [0.25, 0.3) is 0 Å². The topological polar surface area (TPSA) is 61.8 Å². The van der Waals surface area contributed by atoms with Gasteiger partial charge in [0.15, 0.2) is 6.61 Å². The van der Waals surface area contributed by atoms with Crippen LogP contribution in [0.3, 0.4) is 0 Å². The number of halogens is 1. The molecule has 0 atom stereocenters. The lowest BCUT2D eigenvalue weighted by molar-refractivity contribution is 0.0474. The Balaban J connectivity index is 2.12. The smallest absolute Gasteiger partial charge is 0.338 e. The molecule has 0 saturated carbocycles. The predicted molar refractivity (Wildman–Crippen MR) is 95.7 cm³/mol. The second-order valence-corrected chi connectivity index (χ2v) is 7.27. The summed E-state index contributed by atoms with van der Waals surface area (Å²) < 4.78 is 16.1. The van der Waals surface area contributed by atoms with Crippen LogP contribution in [0.25, 0.3) is 0 Å². The van der Waals surface area contributed by atoms with Gasteiger partial charge in [0.2, 0.25) is 5.78 Å². The first-order valence-electron chi connectivity index (χ1n) is 7.06. The first kappa shape index (κ1) is 18.5. The van der Waals surface area contributed by atoms with Crippen molar-refractivity contribution in [1.82, 2.24) is 0 Å².